The van der Waals surface area contributed by atoms with Crippen molar-refractivity contribution in [3.8, 4) is 0 Å². The topological polar surface area (TPSA) is 24.9 Å². The summed E-state index contributed by atoms with van der Waals surface area (Å²) < 4.78 is 0. The second kappa shape index (κ2) is 3.99. The maximum absolute atomic E-state index is 4.41. The molecule has 1 aromatic heterocycles. The molecule has 1 saturated carbocycles. The summed E-state index contributed by atoms with van der Waals surface area (Å²) in [7, 11) is 0. The SMILES string of the molecule is CC[C@@H]1C[C@H]1CNc1cccc(C)n1. The van der Waals surface area contributed by atoms with Crippen LogP contribution in [0.15, 0.2) is 18.2 Å². The van der Waals surface area contributed by atoms with E-state index in [1.165, 1.54) is 12.8 Å². The minimum absolute atomic E-state index is 0.891. The number of hydrogen-bond donors (Lipinski definition) is 1. The lowest BCUT2D eigenvalue weighted by Crippen LogP contribution is -2.06. The third kappa shape index (κ3) is 2.25. The highest BCUT2D eigenvalue weighted by Crippen LogP contribution is 2.40. The molecule has 1 fully saturated rings. The van der Waals surface area contributed by atoms with Crippen molar-refractivity contribution in [2.24, 2.45) is 11.8 Å². The number of hydrogen-bond acceptors (Lipinski definition) is 2. The van der Waals surface area contributed by atoms with Gasteiger partial charge in [-0.3, -0.25) is 0 Å². The summed E-state index contributed by atoms with van der Waals surface area (Å²) in [5.74, 6) is 2.88. The van der Waals surface area contributed by atoms with E-state index >= 15 is 0 Å². The van der Waals surface area contributed by atoms with E-state index in [9.17, 15) is 0 Å². The molecule has 1 aliphatic rings. The molecular weight excluding hydrogens is 172 g/mol. The first kappa shape index (κ1) is 9.50. The summed E-state index contributed by atoms with van der Waals surface area (Å²) in [5, 5.41) is 3.40. The molecule has 2 atom stereocenters. The Hall–Kier alpha value is -1.05. The molecule has 1 aliphatic carbocycles. The van der Waals surface area contributed by atoms with Gasteiger partial charge in [0.1, 0.15) is 5.82 Å². The molecule has 76 valence electrons. The summed E-state index contributed by atoms with van der Waals surface area (Å²) in [5.41, 5.74) is 1.08. The van der Waals surface area contributed by atoms with Gasteiger partial charge in [-0.1, -0.05) is 19.4 Å². The second-order valence-electron chi connectivity index (χ2n) is 4.21. The van der Waals surface area contributed by atoms with E-state index in [0.717, 1.165) is 29.9 Å². The Morgan fingerprint density at radius 2 is 2.29 bits per heavy atom. The number of aryl methyl sites for hydroxylation is 1. The average molecular weight is 190 g/mol. The van der Waals surface area contributed by atoms with E-state index in [4.69, 9.17) is 0 Å². The first-order chi connectivity index (χ1) is 6.79. The molecule has 2 rings (SSSR count). The molecular formula is C12H18N2. The third-order valence-electron chi connectivity index (χ3n) is 3.03. The smallest absolute Gasteiger partial charge is 0.126 e. The first-order valence-corrected chi connectivity index (χ1v) is 5.47. The van der Waals surface area contributed by atoms with Gasteiger partial charge in [0.2, 0.25) is 0 Å². The normalized spacial score (nSPS) is 24.7. The molecule has 0 radical (unpaired) electrons. The van der Waals surface area contributed by atoms with Crippen LogP contribution in [0.25, 0.3) is 0 Å². The number of nitrogens with one attached hydrogen (secondary N) is 1. The Kier molecular flexibility index (Phi) is 2.71. The van der Waals surface area contributed by atoms with Crippen molar-refractivity contribution in [3.05, 3.63) is 23.9 Å². The number of nitrogens with zero attached hydrogens (tertiary/aromatic N) is 1. The van der Waals surface area contributed by atoms with Gasteiger partial charge < -0.3 is 5.32 Å². The number of anilines is 1. The van der Waals surface area contributed by atoms with Gasteiger partial charge in [-0.15, -0.1) is 0 Å². The maximum Gasteiger partial charge on any atom is 0.126 e. The largest absolute Gasteiger partial charge is 0.370 e. The Labute approximate surface area is 85.7 Å². The lowest BCUT2D eigenvalue weighted by molar-refractivity contribution is 0.700. The zero-order valence-corrected chi connectivity index (χ0v) is 8.96. The minimum Gasteiger partial charge on any atom is -0.370 e. The molecule has 0 aliphatic heterocycles. The standard InChI is InChI=1S/C12H18N2/c1-3-10-7-11(10)8-13-12-6-4-5-9(2)14-12/h4-6,10-11H,3,7-8H2,1-2H3,(H,13,14)/t10-,11+/m1/s1. The highest BCUT2D eigenvalue weighted by atomic mass is 15.0. The molecule has 1 N–H and O–H groups in total. The van der Waals surface area contributed by atoms with Gasteiger partial charge >= 0.3 is 0 Å². The van der Waals surface area contributed by atoms with Gasteiger partial charge in [-0.25, -0.2) is 4.98 Å². The molecule has 0 aromatic carbocycles. The summed E-state index contributed by atoms with van der Waals surface area (Å²) in [6, 6.07) is 6.11. The zero-order valence-electron chi connectivity index (χ0n) is 8.96. The number of aromatic nitrogens is 1. The van der Waals surface area contributed by atoms with Crippen molar-refractivity contribution in [2.45, 2.75) is 26.7 Å². The van der Waals surface area contributed by atoms with Crippen LogP contribution in [0, 0.1) is 18.8 Å². The third-order valence-corrected chi connectivity index (χ3v) is 3.03. The summed E-state index contributed by atoms with van der Waals surface area (Å²) >= 11 is 0. The van der Waals surface area contributed by atoms with E-state index < -0.39 is 0 Å². The molecule has 0 spiro atoms. The van der Waals surface area contributed by atoms with Crippen LogP contribution in [0.5, 0.6) is 0 Å². The Balaban J connectivity index is 1.81. The van der Waals surface area contributed by atoms with Crippen LogP contribution in [0.3, 0.4) is 0 Å². The van der Waals surface area contributed by atoms with Crippen LogP contribution in [0.1, 0.15) is 25.5 Å². The van der Waals surface area contributed by atoms with Gasteiger partial charge in [0.05, 0.1) is 0 Å². The van der Waals surface area contributed by atoms with Crippen LogP contribution in [-0.4, -0.2) is 11.5 Å². The van der Waals surface area contributed by atoms with Gasteiger partial charge in [0, 0.05) is 12.2 Å². The van der Waals surface area contributed by atoms with Crippen molar-refractivity contribution >= 4 is 5.82 Å². The fourth-order valence-corrected chi connectivity index (χ4v) is 1.94. The van der Waals surface area contributed by atoms with Crippen LogP contribution < -0.4 is 5.32 Å². The van der Waals surface area contributed by atoms with E-state index in [2.05, 4.69) is 23.3 Å². The van der Waals surface area contributed by atoms with Crippen molar-refractivity contribution in [1.29, 1.82) is 0 Å². The monoisotopic (exact) mass is 190 g/mol. The number of rotatable bonds is 4. The van der Waals surface area contributed by atoms with Crippen LogP contribution >= 0.6 is 0 Å². The fraction of sp³-hybridized carbons (Fsp3) is 0.583. The summed E-state index contributed by atoms with van der Waals surface area (Å²) in [4.78, 5) is 4.41. The fourth-order valence-electron chi connectivity index (χ4n) is 1.94. The van der Waals surface area contributed by atoms with Crippen molar-refractivity contribution in [2.75, 3.05) is 11.9 Å². The van der Waals surface area contributed by atoms with E-state index in [1.54, 1.807) is 0 Å². The summed E-state index contributed by atoms with van der Waals surface area (Å²) in [6.07, 6.45) is 2.73. The zero-order chi connectivity index (χ0) is 9.97. The van der Waals surface area contributed by atoms with Gasteiger partial charge in [0.15, 0.2) is 0 Å². The van der Waals surface area contributed by atoms with Crippen molar-refractivity contribution in [1.82, 2.24) is 4.98 Å². The molecule has 0 saturated heterocycles. The van der Waals surface area contributed by atoms with Crippen LogP contribution in [0.4, 0.5) is 5.82 Å². The van der Waals surface area contributed by atoms with Crippen molar-refractivity contribution < 1.29 is 0 Å². The molecule has 1 aromatic rings. The lowest BCUT2D eigenvalue weighted by Gasteiger charge is -2.04. The predicted molar refractivity (Wildman–Crippen MR) is 59.4 cm³/mol. The predicted octanol–water partition coefficient (Wildman–Crippen LogP) is 2.85. The van der Waals surface area contributed by atoms with E-state index in [1.807, 2.05) is 19.1 Å². The molecule has 2 heteroatoms. The van der Waals surface area contributed by atoms with Gasteiger partial charge in [-0.05, 0) is 37.3 Å². The van der Waals surface area contributed by atoms with Crippen LogP contribution in [0.2, 0.25) is 0 Å². The highest BCUT2D eigenvalue weighted by molar-refractivity contribution is 5.35. The molecule has 0 bridgehead atoms. The van der Waals surface area contributed by atoms with E-state index in [0.29, 0.717) is 0 Å². The maximum atomic E-state index is 4.41. The van der Waals surface area contributed by atoms with Crippen molar-refractivity contribution in [3.63, 3.8) is 0 Å². The summed E-state index contributed by atoms with van der Waals surface area (Å²) in [6.45, 7) is 5.39. The molecule has 1 heterocycles. The average Bonchev–Trinajstić information content (AvgIpc) is 2.93. The molecule has 0 unspecified atom stereocenters. The van der Waals surface area contributed by atoms with Crippen LogP contribution in [-0.2, 0) is 0 Å². The minimum atomic E-state index is 0.891. The number of pyridine rings is 1. The molecule has 2 nitrogen and oxygen atoms in total. The van der Waals surface area contributed by atoms with Gasteiger partial charge in [0.25, 0.3) is 0 Å². The quantitative estimate of drug-likeness (QED) is 0.789. The first-order valence-electron chi connectivity index (χ1n) is 5.47. The van der Waals surface area contributed by atoms with E-state index in [-0.39, 0.29) is 0 Å². The Morgan fingerprint density at radius 3 is 2.93 bits per heavy atom. The lowest BCUT2D eigenvalue weighted by atomic mass is 10.2. The van der Waals surface area contributed by atoms with Gasteiger partial charge in [-0.2, -0.15) is 0 Å². The second-order valence-corrected chi connectivity index (χ2v) is 4.21. The Morgan fingerprint density at radius 1 is 1.43 bits per heavy atom. The Bertz CT molecular complexity index is 309. The molecule has 14 heavy (non-hydrogen) atoms. The highest BCUT2D eigenvalue weighted by Gasteiger charge is 2.34. The molecule has 0 amide bonds.